The van der Waals surface area contributed by atoms with Gasteiger partial charge >= 0.3 is 0 Å². The van der Waals surface area contributed by atoms with Gasteiger partial charge in [-0.3, -0.25) is 9.78 Å². The molecule has 1 aliphatic heterocycles. The molecule has 6 nitrogen and oxygen atoms in total. The standard InChI is InChI=1S/C19H20N4O2/c24-18(21-12-15-6-4-10-25-15)13-23-17-8-2-1-7-16(17)22-19(23)14-5-3-9-20-11-14/h1-3,5,7-9,11,15H,4,6,10,12-13H2,(H,21,24)/t15-/m1/s1. The third-order valence-corrected chi connectivity index (χ3v) is 4.43. The lowest BCUT2D eigenvalue weighted by Gasteiger charge is -2.13. The van der Waals surface area contributed by atoms with Gasteiger partial charge in [-0.05, 0) is 37.1 Å². The van der Waals surface area contributed by atoms with Crippen molar-refractivity contribution in [3.8, 4) is 11.4 Å². The van der Waals surface area contributed by atoms with Gasteiger partial charge in [-0.15, -0.1) is 0 Å². The van der Waals surface area contributed by atoms with Crippen LogP contribution in [0.5, 0.6) is 0 Å². The molecule has 1 atom stereocenters. The van der Waals surface area contributed by atoms with E-state index in [0.717, 1.165) is 41.9 Å². The summed E-state index contributed by atoms with van der Waals surface area (Å²) in [6.45, 7) is 1.57. The molecule has 128 valence electrons. The number of hydrogen-bond donors (Lipinski definition) is 1. The Morgan fingerprint density at radius 3 is 3.00 bits per heavy atom. The van der Waals surface area contributed by atoms with E-state index in [4.69, 9.17) is 9.72 Å². The number of carbonyl (C=O) groups is 1. The molecule has 1 amide bonds. The van der Waals surface area contributed by atoms with Crippen molar-refractivity contribution in [1.29, 1.82) is 0 Å². The topological polar surface area (TPSA) is 69.0 Å². The summed E-state index contributed by atoms with van der Waals surface area (Å²) in [5.74, 6) is 0.713. The molecule has 4 rings (SSSR count). The minimum atomic E-state index is -0.0382. The van der Waals surface area contributed by atoms with Crippen molar-refractivity contribution in [2.45, 2.75) is 25.5 Å². The minimum absolute atomic E-state index is 0.0382. The first kappa shape index (κ1) is 15.8. The van der Waals surface area contributed by atoms with Crippen molar-refractivity contribution in [3.63, 3.8) is 0 Å². The van der Waals surface area contributed by atoms with Gasteiger partial charge in [0.05, 0.1) is 17.1 Å². The number of nitrogens with one attached hydrogen (secondary N) is 1. The molecule has 1 aliphatic rings. The molecule has 0 saturated carbocycles. The molecule has 0 radical (unpaired) electrons. The summed E-state index contributed by atoms with van der Waals surface area (Å²) in [5.41, 5.74) is 2.70. The number of ether oxygens (including phenoxy) is 1. The van der Waals surface area contributed by atoms with E-state index in [0.29, 0.717) is 6.54 Å². The van der Waals surface area contributed by atoms with Crippen LogP contribution in [0.1, 0.15) is 12.8 Å². The van der Waals surface area contributed by atoms with Gasteiger partial charge in [-0.25, -0.2) is 4.98 Å². The molecule has 1 aromatic carbocycles. The Kier molecular flexibility index (Phi) is 4.43. The summed E-state index contributed by atoms with van der Waals surface area (Å²) in [5, 5.41) is 2.98. The number of fused-ring (bicyclic) bond motifs is 1. The largest absolute Gasteiger partial charge is 0.376 e. The van der Waals surface area contributed by atoms with Crippen molar-refractivity contribution < 1.29 is 9.53 Å². The fraction of sp³-hybridized carbons (Fsp3) is 0.316. The van der Waals surface area contributed by atoms with Crippen LogP contribution in [0.15, 0.2) is 48.8 Å². The van der Waals surface area contributed by atoms with E-state index in [-0.39, 0.29) is 18.6 Å². The zero-order chi connectivity index (χ0) is 17.1. The second-order valence-corrected chi connectivity index (χ2v) is 6.19. The van der Waals surface area contributed by atoms with Crippen LogP contribution in [-0.4, -0.2) is 39.7 Å². The SMILES string of the molecule is O=C(Cn1c(-c2cccnc2)nc2ccccc21)NC[C@H]1CCCO1. The van der Waals surface area contributed by atoms with E-state index in [1.54, 1.807) is 12.4 Å². The Morgan fingerprint density at radius 1 is 1.28 bits per heavy atom. The fourth-order valence-electron chi connectivity index (χ4n) is 3.18. The van der Waals surface area contributed by atoms with Crippen LogP contribution in [0.3, 0.4) is 0 Å². The van der Waals surface area contributed by atoms with Crippen molar-refractivity contribution in [1.82, 2.24) is 19.9 Å². The van der Waals surface area contributed by atoms with Gasteiger partial charge in [0.1, 0.15) is 12.4 Å². The molecule has 2 aromatic heterocycles. The number of rotatable bonds is 5. The van der Waals surface area contributed by atoms with Gasteiger partial charge in [-0.1, -0.05) is 12.1 Å². The zero-order valence-electron chi connectivity index (χ0n) is 13.9. The van der Waals surface area contributed by atoms with Crippen LogP contribution in [0.2, 0.25) is 0 Å². The second kappa shape index (κ2) is 7.03. The van der Waals surface area contributed by atoms with Crippen LogP contribution in [0.25, 0.3) is 22.4 Å². The van der Waals surface area contributed by atoms with E-state index < -0.39 is 0 Å². The fourth-order valence-corrected chi connectivity index (χ4v) is 3.18. The first-order valence-electron chi connectivity index (χ1n) is 8.55. The molecule has 0 spiro atoms. The van der Waals surface area contributed by atoms with Crippen molar-refractivity contribution in [2.24, 2.45) is 0 Å². The highest BCUT2D eigenvalue weighted by Crippen LogP contribution is 2.24. The zero-order valence-corrected chi connectivity index (χ0v) is 13.9. The average molecular weight is 336 g/mol. The Morgan fingerprint density at radius 2 is 2.20 bits per heavy atom. The number of nitrogens with zero attached hydrogens (tertiary/aromatic N) is 3. The van der Waals surface area contributed by atoms with Crippen molar-refractivity contribution in [3.05, 3.63) is 48.8 Å². The molecule has 25 heavy (non-hydrogen) atoms. The lowest BCUT2D eigenvalue weighted by Crippen LogP contribution is -2.34. The molecular weight excluding hydrogens is 316 g/mol. The maximum absolute atomic E-state index is 12.5. The summed E-state index contributed by atoms with van der Waals surface area (Å²) in [6, 6.07) is 11.7. The second-order valence-electron chi connectivity index (χ2n) is 6.19. The monoisotopic (exact) mass is 336 g/mol. The Bertz CT molecular complexity index is 870. The van der Waals surface area contributed by atoms with E-state index in [9.17, 15) is 4.79 Å². The summed E-state index contributed by atoms with van der Waals surface area (Å²) in [7, 11) is 0. The number of imidazole rings is 1. The number of amides is 1. The van der Waals surface area contributed by atoms with Gasteiger partial charge in [0.2, 0.25) is 5.91 Å². The third kappa shape index (κ3) is 3.39. The molecule has 0 bridgehead atoms. The first-order valence-corrected chi connectivity index (χ1v) is 8.55. The van der Waals surface area contributed by atoms with Gasteiger partial charge < -0.3 is 14.6 Å². The summed E-state index contributed by atoms with van der Waals surface area (Å²) in [6.07, 6.45) is 5.71. The molecule has 1 saturated heterocycles. The lowest BCUT2D eigenvalue weighted by atomic mass is 10.2. The summed E-state index contributed by atoms with van der Waals surface area (Å²) in [4.78, 5) is 21.3. The molecule has 1 N–H and O–H groups in total. The molecule has 1 fully saturated rings. The van der Waals surface area contributed by atoms with Crippen molar-refractivity contribution >= 4 is 16.9 Å². The first-order chi connectivity index (χ1) is 12.3. The Labute approximate surface area is 145 Å². The van der Waals surface area contributed by atoms with E-state index in [2.05, 4.69) is 10.3 Å². The average Bonchev–Trinajstić information content (AvgIpc) is 3.29. The van der Waals surface area contributed by atoms with E-state index in [1.807, 2.05) is 41.0 Å². The number of hydrogen-bond acceptors (Lipinski definition) is 4. The van der Waals surface area contributed by atoms with Gasteiger partial charge in [0.25, 0.3) is 0 Å². The van der Waals surface area contributed by atoms with Crippen molar-refractivity contribution in [2.75, 3.05) is 13.2 Å². The van der Waals surface area contributed by atoms with E-state index >= 15 is 0 Å². The highest BCUT2D eigenvalue weighted by atomic mass is 16.5. The highest BCUT2D eigenvalue weighted by Gasteiger charge is 2.18. The normalized spacial score (nSPS) is 17.0. The number of aromatic nitrogens is 3. The van der Waals surface area contributed by atoms with Crippen LogP contribution in [-0.2, 0) is 16.1 Å². The maximum atomic E-state index is 12.5. The molecular formula is C19H20N4O2. The van der Waals surface area contributed by atoms with Crippen LogP contribution in [0, 0.1) is 0 Å². The molecule has 0 aliphatic carbocycles. The number of pyridine rings is 1. The van der Waals surface area contributed by atoms with Gasteiger partial charge in [-0.2, -0.15) is 0 Å². The predicted octanol–water partition coefficient (Wildman–Crippen LogP) is 2.39. The van der Waals surface area contributed by atoms with Crippen LogP contribution in [0.4, 0.5) is 0 Å². The quantitative estimate of drug-likeness (QED) is 0.777. The van der Waals surface area contributed by atoms with E-state index in [1.165, 1.54) is 0 Å². The summed E-state index contributed by atoms with van der Waals surface area (Å²) >= 11 is 0. The van der Waals surface area contributed by atoms with Crippen LogP contribution < -0.4 is 5.32 Å². The smallest absolute Gasteiger partial charge is 0.240 e. The van der Waals surface area contributed by atoms with Gasteiger partial charge in [0, 0.05) is 31.1 Å². The predicted molar refractivity (Wildman–Crippen MR) is 94.9 cm³/mol. The number of carbonyl (C=O) groups excluding carboxylic acids is 1. The molecule has 3 aromatic rings. The molecule has 0 unspecified atom stereocenters. The Balaban J connectivity index is 1.60. The van der Waals surface area contributed by atoms with Gasteiger partial charge in [0.15, 0.2) is 0 Å². The lowest BCUT2D eigenvalue weighted by molar-refractivity contribution is -0.122. The number of para-hydroxylation sites is 2. The maximum Gasteiger partial charge on any atom is 0.240 e. The summed E-state index contributed by atoms with van der Waals surface area (Å²) < 4.78 is 7.50. The van der Waals surface area contributed by atoms with Crippen LogP contribution >= 0.6 is 0 Å². The number of benzene rings is 1. The Hall–Kier alpha value is -2.73. The molecule has 3 heterocycles. The molecule has 6 heteroatoms. The minimum Gasteiger partial charge on any atom is -0.376 e. The third-order valence-electron chi connectivity index (χ3n) is 4.43. The highest BCUT2D eigenvalue weighted by molar-refractivity contribution is 5.84.